The van der Waals surface area contributed by atoms with Crippen LogP contribution in [0.4, 0.5) is 11.7 Å². The predicted molar refractivity (Wildman–Crippen MR) is 148 cm³/mol. The second-order valence-electron chi connectivity index (χ2n) is 8.13. The van der Waals surface area contributed by atoms with Crippen LogP contribution in [0.15, 0.2) is 119 Å². The number of sulfonamides is 1. The highest BCUT2D eigenvalue weighted by molar-refractivity contribution is 7.93. The molecule has 0 unspecified atom stereocenters. The lowest BCUT2D eigenvalue weighted by Gasteiger charge is -2.20. The molecule has 0 aliphatic rings. The van der Waals surface area contributed by atoms with Crippen molar-refractivity contribution in [2.45, 2.75) is 4.90 Å². The minimum Gasteiger partial charge on any atom is -0.422 e. The Kier molecular flexibility index (Phi) is 6.00. The van der Waals surface area contributed by atoms with Gasteiger partial charge in [-0.1, -0.05) is 72.3 Å². The number of fused-ring (bicyclic) bond motifs is 1. The van der Waals surface area contributed by atoms with E-state index < -0.39 is 10.0 Å². The Balaban J connectivity index is 1.38. The molecule has 0 amide bonds. The SMILES string of the molecule is O=S(=O)(c1ccc(-c2ncc(-c3ccccc3)s2)cc1)N(c1ccccc1)c1nc2cc(Cl)ccc2o1. The maximum absolute atomic E-state index is 13.9. The van der Waals surface area contributed by atoms with E-state index in [0.29, 0.717) is 21.8 Å². The quantitative estimate of drug-likeness (QED) is 0.214. The summed E-state index contributed by atoms with van der Waals surface area (Å²) in [5.41, 5.74) is 3.21. The van der Waals surface area contributed by atoms with Gasteiger partial charge >= 0.3 is 6.01 Å². The number of hydrogen-bond donors (Lipinski definition) is 0. The summed E-state index contributed by atoms with van der Waals surface area (Å²) in [7, 11) is -4.07. The first-order valence-corrected chi connectivity index (χ1v) is 13.9. The van der Waals surface area contributed by atoms with Gasteiger partial charge < -0.3 is 4.42 Å². The number of aromatic nitrogens is 2. The molecule has 0 bridgehead atoms. The van der Waals surface area contributed by atoms with Crippen LogP contribution < -0.4 is 4.31 Å². The molecule has 0 N–H and O–H groups in total. The Labute approximate surface area is 222 Å². The summed E-state index contributed by atoms with van der Waals surface area (Å²) in [6.45, 7) is 0. The van der Waals surface area contributed by atoms with E-state index in [2.05, 4.69) is 9.97 Å². The molecule has 0 atom stereocenters. The number of halogens is 1. The topological polar surface area (TPSA) is 76.3 Å². The van der Waals surface area contributed by atoms with Crippen LogP contribution in [0.1, 0.15) is 0 Å². The van der Waals surface area contributed by atoms with Crippen molar-refractivity contribution in [2.24, 2.45) is 0 Å². The average Bonchev–Trinajstić information content (AvgIpc) is 3.57. The lowest BCUT2D eigenvalue weighted by atomic mass is 10.2. The number of hydrogen-bond acceptors (Lipinski definition) is 6. The second kappa shape index (κ2) is 9.48. The van der Waals surface area contributed by atoms with Crippen molar-refractivity contribution in [3.05, 3.63) is 114 Å². The largest absolute Gasteiger partial charge is 0.422 e. The summed E-state index contributed by atoms with van der Waals surface area (Å²) < 4.78 is 34.8. The first kappa shape index (κ1) is 23.4. The summed E-state index contributed by atoms with van der Waals surface area (Å²) in [5.74, 6) is 0. The monoisotopic (exact) mass is 543 g/mol. The van der Waals surface area contributed by atoms with Gasteiger partial charge in [0.2, 0.25) is 0 Å². The fourth-order valence-electron chi connectivity index (χ4n) is 3.91. The molecular formula is C28H18ClN3O3S2. The van der Waals surface area contributed by atoms with Gasteiger partial charge in [-0.2, -0.15) is 9.29 Å². The van der Waals surface area contributed by atoms with Crippen LogP contribution in [0.25, 0.3) is 32.1 Å². The third-order valence-corrected chi connectivity index (χ3v) is 8.75. The van der Waals surface area contributed by atoms with Crippen LogP contribution >= 0.6 is 22.9 Å². The Bertz CT molecular complexity index is 1800. The highest BCUT2D eigenvalue weighted by Gasteiger charge is 2.31. The van der Waals surface area contributed by atoms with Crippen LogP contribution in [-0.4, -0.2) is 18.4 Å². The zero-order valence-electron chi connectivity index (χ0n) is 19.2. The molecule has 6 nitrogen and oxygen atoms in total. The minimum absolute atomic E-state index is 0.0695. The summed E-state index contributed by atoms with van der Waals surface area (Å²) >= 11 is 7.64. The molecule has 9 heteroatoms. The maximum atomic E-state index is 13.9. The van der Waals surface area contributed by atoms with Gasteiger partial charge in [0.1, 0.15) is 10.5 Å². The minimum atomic E-state index is -4.07. The van der Waals surface area contributed by atoms with Crippen molar-refractivity contribution >= 4 is 55.8 Å². The Morgan fingerprint density at radius 2 is 1.51 bits per heavy atom. The van der Waals surface area contributed by atoms with E-state index in [1.165, 1.54) is 0 Å². The van der Waals surface area contributed by atoms with Crippen molar-refractivity contribution in [3.63, 3.8) is 0 Å². The molecule has 4 aromatic carbocycles. The van der Waals surface area contributed by atoms with Gasteiger partial charge in [-0.05, 0) is 48.0 Å². The van der Waals surface area contributed by atoms with E-state index >= 15 is 0 Å². The fourth-order valence-corrected chi connectivity index (χ4v) is 6.38. The Morgan fingerprint density at radius 1 is 0.811 bits per heavy atom. The number of oxazole rings is 1. The zero-order chi connectivity index (χ0) is 25.4. The summed E-state index contributed by atoms with van der Waals surface area (Å²) in [4.78, 5) is 10.1. The molecule has 182 valence electrons. The average molecular weight is 544 g/mol. The van der Waals surface area contributed by atoms with Crippen LogP contribution in [0.5, 0.6) is 0 Å². The number of anilines is 2. The number of rotatable bonds is 6. The van der Waals surface area contributed by atoms with E-state index in [1.54, 1.807) is 78.1 Å². The molecule has 2 aromatic heterocycles. The number of thiazole rings is 1. The molecule has 2 heterocycles. The molecular weight excluding hydrogens is 526 g/mol. The predicted octanol–water partition coefficient (Wildman–Crippen LogP) is 7.80. The van der Waals surface area contributed by atoms with Gasteiger partial charge in [-0.15, -0.1) is 11.3 Å². The molecule has 0 fully saturated rings. The fraction of sp³-hybridized carbons (Fsp3) is 0. The second-order valence-corrected chi connectivity index (χ2v) is 11.4. The normalized spacial score (nSPS) is 11.6. The van der Waals surface area contributed by atoms with E-state index in [-0.39, 0.29) is 10.9 Å². The van der Waals surface area contributed by atoms with Gasteiger partial charge in [0.05, 0.1) is 15.5 Å². The van der Waals surface area contributed by atoms with Gasteiger partial charge in [0.25, 0.3) is 10.0 Å². The summed E-state index contributed by atoms with van der Waals surface area (Å²) in [6.07, 6.45) is 1.83. The van der Waals surface area contributed by atoms with Gasteiger partial charge in [0.15, 0.2) is 5.58 Å². The molecule has 0 aliphatic heterocycles. The molecule has 6 aromatic rings. The van der Waals surface area contributed by atoms with E-state index in [1.807, 2.05) is 42.6 Å². The van der Waals surface area contributed by atoms with Crippen molar-refractivity contribution in [1.82, 2.24) is 9.97 Å². The summed E-state index contributed by atoms with van der Waals surface area (Å²) in [5, 5.41) is 1.29. The maximum Gasteiger partial charge on any atom is 0.317 e. The third-order valence-electron chi connectivity index (χ3n) is 5.71. The standard InChI is InChI=1S/C28H18ClN3O3S2/c29-21-13-16-25-24(17-21)31-28(35-25)32(22-9-5-2-6-10-22)37(33,34)23-14-11-20(12-15-23)27-30-18-26(36-27)19-7-3-1-4-8-19/h1-18H. The molecule has 6 rings (SSSR count). The molecule has 0 aliphatic carbocycles. The van der Waals surface area contributed by atoms with Crippen LogP contribution in [0.3, 0.4) is 0 Å². The van der Waals surface area contributed by atoms with Crippen molar-refractivity contribution in [3.8, 4) is 21.0 Å². The molecule has 0 radical (unpaired) electrons. The molecule has 0 spiro atoms. The summed E-state index contributed by atoms with van der Waals surface area (Å²) in [6, 6.07) is 30.3. The van der Waals surface area contributed by atoms with E-state index in [0.717, 1.165) is 25.3 Å². The zero-order valence-corrected chi connectivity index (χ0v) is 21.5. The van der Waals surface area contributed by atoms with Crippen molar-refractivity contribution < 1.29 is 12.8 Å². The first-order chi connectivity index (χ1) is 18.0. The van der Waals surface area contributed by atoms with E-state index in [4.69, 9.17) is 16.0 Å². The lowest BCUT2D eigenvalue weighted by Crippen LogP contribution is -2.26. The molecule has 0 saturated carbocycles. The van der Waals surface area contributed by atoms with Crippen LogP contribution in [-0.2, 0) is 10.0 Å². The molecule has 37 heavy (non-hydrogen) atoms. The Hall–Kier alpha value is -3.98. The number of nitrogens with zero attached hydrogens (tertiary/aromatic N) is 3. The Morgan fingerprint density at radius 3 is 2.24 bits per heavy atom. The first-order valence-electron chi connectivity index (χ1n) is 11.3. The number of benzene rings is 4. The third kappa shape index (κ3) is 4.51. The van der Waals surface area contributed by atoms with E-state index in [9.17, 15) is 8.42 Å². The lowest BCUT2D eigenvalue weighted by molar-refractivity contribution is 0.578. The van der Waals surface area contributed by atoms with Gasteiger partial charge in [-0.25, -0.2) is 13.4 Å². The van der Waals surface area contributed by atoms with Crippen LogP contribution in [0.2, 0.25) is 5.02 Å². The molecule has 0 saturated heterocycles. The number of para-hydroxylation sites is 1. The highest BCUT2D eigenvalue weighted by atomic mass is 35.5. The van der Waals surface area contributed by atoms with Crippen molar-refractivity contribution in [2.75, 3.05) is 4.31 Å². The van der Waals surface area contributed by atoms with Gasteiger partial charge in [0, 0.05) is 16.8 Å². The highest BCUT2D eigenvalue weighted by Crippen LogP contribution is 2.36. The van der Waals surface area contributed by atoms with Crippen LogP contribution in [0, 0.1) is 0 Å². The smallest absolute Gasteiger partial charge is 0.317 e. The van der Waals surface area contributed by atoms with Crippen molar-refractivity contribution in [1.29, 1.82) is 0 Å². The van der Waals surface area contributed by atoms with Gasteiger partial charge in [-0.3, -0.25) is 0 Å².